The average molecular weight is 158 g/mol. The van der Waals surface area contributed by atoms with Crippen LogP contribution in [-0.4, -0.2) is 19.7 Å². The van der Waals surface area contributed by atoms with Gasteiger partial charge in [0.1, 0.15) is 0 Å². The maximum Gasteiger partial charge on any atom is 0.177 e. The first-order valence-electron chi connectivity index (χ1n) is 3.13. The highest BCUT2D eigenvalue weighted by atomic mass is 32.2. The van der Waals surface area contributed by atoms with Gasteiger partial charge in [0.05, 0.1) is 6.27 Å². The second kappa shape index (κ2) is 2.38. The molecular formula is C6H7NO2S. The number of rotatable bonds is 1. The van der Waals surface area contributed by atoms with Crippen LogP contribution in [0, 0.1) is 0 Å². The lowest BCUT2D eigenvalue weighted by Crippen LogP contribution is -1.96. The summed E-state index contributed by atoms with van der Waals surface area (Å²) in [5, 5.41) is 0. The zero-order chi connectivity index (χ0) is 8.48. The minimum Gasteiger partial charge on any atom is -0.263 e. The van der Waals surface area contributed by atoms with E-state index in [1.807, 2.05) is 0 Å². The molecule has 10 heavy (non-hydrogen) atoms. The molecule has 0 saturated carbocycles. The van der Waals surface area contributed by atoms with Crippen LogP contribution in [0.2, 0.25) is 0 Å². The molecule has 0 fully saturated rings. The highest BCUT2D eigenvalue weighted by molar-refractivity contribution is 7.90. The fourth-order valence-electron chi connectivity index (χ4n) is 0.518. The fourth-order valence-corrected chi connectivity index (χ4v) is 1.06. The molecule has 1 heterocycles. The molecule has 0 saturated heterocycles. The Kier molecular flexibility index (Phi) is 1.39. The standard InChI is InChI=1S/C6H7NO2S/c1-10(8,9)6-3-2-4-7-5-6/h2-5H,1H3/i5D. The van der Waals surface area contributed by atoms with Gasteiger partial charge in [0, 0.05) is 18.6 Å². The van der Waals surface area contributed by atoms with Crippen LogP contribution in [0.15, 0.2) is 29.4 Å². The largest absolute Gasteiger partial charge is 0.263 e. The van der Waals surface area contributed by atoms with Crippen LogP contribution < -0.4 is 0 Å². The summed E-state index contributed by atoms with van der Waals surface area (Å²) in [4.78, 5) is 3.51. The van der Waals surface area contributed by atoms with E-state index in [-0.39, 0.29) is 11.1 Å². The first-order valence-corrected chi connectivity index (χ1v) is 4.52. The van der Waals surface area contributed by atoms with Crippen molar-refractivity contribution in [3.05, 3.63) is 24.5 Å². The van der Waals surface area contributed by atoms with Crippen LogP contribution in [0.3, 0.4) is 0 Å². The van der Waals surface area contributed by atoms with E-state index in [0.717, 1.165) is 6.26 Å². The van der Waals surface area contributed by atoms with Gasteiger partial charge in [0.15, 0.2) is 9.84 Å². The molecule has 0 radical (unpaired) electrons. The third-order valence-electron chi connectivity index (χ3n) is 0.982. The number of nitrogens with zero attached hydrogens (tertiary/aromatic N) is 1. The fraction of sp³-hybridized carbons (Fsp3) is 0.167. The summed E-state index contributed by atoms with van der Waals surface area (Å²) < 4.78 is 28.9. The Balaban J connectivity index is 3.37. The molecule has 1 rings (SSSR count). The van der Waals surface area contributed by atoms with Gasteiger partial charge in [-0.2, -0.15) is 0 Å². The molecule has 54 valence electrons. The Morgan fingerprint density at radius 1 is 1.70 bits per heavy atom. The molecule has 0 aliphatic carbocycles. The molecule has 3 nitrogen and oxygen atoms in total. The Morgan fingerprint density at radius 3 is 2.80 bits per heavy atom. The van der Waals surface area contributed by atoms with Crippen molar-refractivity contribution >= 4 is 9.84 Å². The lowest BCUT2D eigenvalue weighted by Gasteiger charge is -1.92. The second-order valence-electron chi connectivity index (χ2n) is 1.89. The smallest absolute Gasteiger partial charge is 0.177 e. The van der Waals surface area contributed by atoms with Gasteiger partial charge in [-0.05, 0) is 12.1 Å². The molecule has 0 amide bonds. The van der Waals surface area contributed by atoms with Crippen molar-refractivity contribution in [1.82, 2.24) is 4.98 Å². The van der Waals surface area contributed by atoms with E-state index in [1.165, 1.54) is 18.3 Å². The van der Waals surface area contributed by atoms with Crippen molar-refractivity contribution in [3.8, 4) is 0 Å². The predicted octanol–water partition coefficient (Wildman–Crippen LogP) is 0.485. The number of pyridine rings is 1. The molecule has 1 aromatic rings. The zero-order valence-corrected chi connectivity index (χ0v) is 6.22. The Hall–Kier alpha value is -0.900. The van der Waals surface area contributed by atoms with E-state index in [2.05, 4.69) is 4.98 Å². The highest BCUT2D eigenvalue weighted by Gasteiger charge is 2.03. The summed E-state index contributed by atoms with van der Waals surface area (Å²) in [6.07, 6.45) is 2.24. The third kappa shape index (κ3) is 1.54. The quantitative estimate of drug-likeness (QED) is 0.597. The van der Waals surface area contributed by atoms with Crippen LogP contribution >= 0.6 is 0 Å². The van der Waals surface area contributed by atoms with Crippen LogP contribution in [0.1, 0.15) is 1.37 Å². The maximum atomic E-state index is 10.9. The normalized spacial score (nSPS) is 12.7. The minimum absolute atomic E-state index is 0.0278. The average Bonchev–Trinajstić information content (AvgIpc) is 1.86. The van der Waals surface area contributed by atoms with Crippen LogP contribution in [0.4, 0.5) is 0 Å². The number of hydrogen-bond acceptors (Lipinski definition) is 3. The predicted molar refractivity (Wildman–Crippen MR) is 37.3 cm³/mol. The van der Waals surface area contributed by atoms with E-state index in [4.69, 9.17) is 1.37 Å². The first-order chi connectivity index (χ1) is 5.02. The SMILES string of the molecule is [2H]c1ncccc1S(C)(=O)=O. The number of aromatic nitrogens is 1. The first kappa shape index (κ1) is 5.85. The van der Waals surface area contributed by atoms with Crippen molar-refractivity contribution in [2.24, 2.45) is 0 Å². The van der Waals surface area contributed by atoms with Gasteiger partial charge in [-0.3, -0.25) is 4.98 Å². The van der Waals surface area contributed by atoms with Gasteiger partial charge in [0.2, 0.25) is 0 Å². The summed E-state index contributed by atoms with van der Waals surface area (Å²) in [6.45, 7) is 0. The summed E-state index contributed by atoms with van der Waals surface area (Å²) in [6, 6.07) is 2.86. The summed E-state index contributed by atoms with van der Waals surface area (Å²) in [5.41, 5.74) is 0. The molecule has 0 bridgehead atoms. The van der Waals surface area contributed by atoms with E-state index < -0.39 is 9.84 Å². The van der Waals surface area contributed by atoms with Crippen molar-refractivity contribution in [1.29, 1.82) is 0 Å². The molecular weight excluding hydrogens is 150 g/mol. The van der Waals surface area contributed by atoms with Gasteiger partial charge in [-0.1, -0.05) is 0 Å². The molecule has 4 heteroatoms. The Labute approximate surface area is 61.0 Å². The van der Waals surface area contributed by atoms with Crippen molar-refractivity contribution in [3.63, 3.8) is 0 Å². The molecule has 0 spiro atoms. The van der Waals surface area contributed by atoms with Crippen molar-refractivity contribution in [2.75, 3.05) is 6.26 Å². The van der Waals surface area contributed by atoms with E-state index in [1.54, 1.807) is 0 Å². The van der Waals surface area contributed by atoms with Gasteiger partial charge in [-0.25, -0.2) is 8.42 Å². The van der Waals surface area contributed by atoms with Gasteiger partial charge >= 0.3 is 0 Å². The molecule has 0 aromatic carbocycles. The highest BCUT2D eigenvalue weighted by Crippen LogP contribution is 2.03. The van der Waals surface area contributed by atoms with Gasteiger partial charge in [0.25, 0.3) is 0 Å². The van der Waals surface area contributed by atoms with Crippen LogP contribution in [0.25, 0.3) is 0 Å². The van der Waals surface area contributed by atoms with E-state index in [9.17, 15) is 8.42 Å². The van der Waals surface area contributed by atoms with E-state index >= 15 is 0 Å². The van der Waals surface area contributed by atoms with E-state index in [0.29, 0.717) is 0 Å². The zero-order valence-electron chi connectivity index (χ0n) is 6.40. The lowest BCUT2D eigenvalue weighted by molar-refractivity contribution is 0.601. The molecule has 0 aliphatic heterocycles. The molecule has 0 atom stereocenters. The van der Waals surface area contributed by atoms with Crippen molar-refractivity contribution in [2.45, 2.75) is 4.90 Å². The monoisotopic (exact) mass is 158 g/mol. The van der Waals surface area contributed by atoms with Gasteiger partial charge in [-0.15, -0.1) is 0 Å². The minimum atomic E-state index is -3.28. The Morgan fingerprint density at radius 2 is 2.40 bits per heavy atom. The second-order valence-corrected chi connectivity index (χ2v) is 3.87. The van der Waals surface area contributed by atoms with Gasteiger partial charge < -0.3 is 0 Å². The summed E-state index contributed by atoms with van der Waals surface area (Å²) >= 11 is 0. The molecule has 1 aromatic heterocycles. The van der Waals surface area contributed by atoms with Crippen molar-refractivity contribution < 1.29 is 9.79 Å². The lowest BCUT2D eigenvalue weighted by atomic mass is 10.5. The molecule has 0 N–H and O–H groups in total. The Bertz CT molecular complexity index is 361. The number of hydrogen-bond donors (Lipinski definition) is 0. The topological polar surface area (TPSA) is 47.0 Å². The summed E-state index contributed by atoms with van der Waals surface area (Å²) in [7, 11) is -3.28. The third-order valence-corrected chi connectivity index (χ3v) is 2.01. The summed E-state index contributed by atoms with van der Waals surface area (Å²) in [5.74, 6) is 0. The number of sulfone groups is 1. The van der Waals surface area contributed by atoms with Crippen LogP contribution in [0.5, 0.6) is 0 Å². The molecule has 0 unspecified atom stereocenters. The molecule has 0 aliphatic rings. The maximum absolute atomic E-state index is 10.9. The van der Waals surface area contributed by atoms with Crippen LogP contribution in [-0.2, 0) is 9.84 Å².